The van der Waals surface area contributed by atoms with Crippen LogP contribution in [0.2, 0.25) is 0 Å². The molecule has 0 spiro atoms. The van der Waals surface area contributed by atoms with Gasteiger partial charge in [-0.1, -0.05) is 13.8 Å². The van der Waals surface area contributed by atoms with Crippen molar-refractivity contribution in [2.75, 3.05) is 18.8 Å². The zero-order valence-electron chi connectivity index (χ0n) is 13.4. The van der Waals surface area contributed by atoms with Crippen molar-refractivity contribution in [1.82, 2.24) is 9.88 Å². The molecule has 0 N–H and O–H groups in total. The SMILES string of the molecule is Cc1nc2ccc(C(=O)N3CC(S(=O)(=O)CC(C)C)C3)cc2s1. The van der Waals surface area contributed by atoms with Crippen LogP contribution in [0.4, 0.5) is 0 Å². The third-order valence-electron chi connectivity index (χ3n) is 3.95. The predicted molar refractivity (Wildman–Crippen MR) is 92.7 cm³/mol. The summed E-state index contributed by atoms with van der Waals surface area (Å²) in [6.45, 7) is 6.32. The molecule has 7 heteroatoms. The minimum absolute atomic E-state index is 0.103. The maximum atomic E-state index is 12.5. The molecular formula is C16H20N2O3S2. The van der Waals surface area contributed by atoms with Crippen molar-refractivity contribution < 1.29 is 13.2 Å². The van der Waals surface area contributed by atoms with Gasteiger partial charge in [-0.05, 0) is 31.0 Å². The summed E-state index contributed by atoms with van der Waals surface area (Å²) in [5.74, 6) is 0.196. The normalized spacial score (nSPS) is 16.1. The Hall–Kier alpha value is -1.47. The summed E-state index contributed by atoms with van der Waals surface area (Å²) in [5, 5.41) is 0.552. The number of amides is 1. The number of carbonyl (C=O) groups excluding carboxylic acids is 1. The van der Waals surface area contributed by atoms with Crippen LogP contribution in [0.15, 0.2) is 18.2 Å². The number of thiazole rings is 1. The third-order valence-corrected chi connectivity index (χ3v) is 7.33. The van der Waals surface area contributed by atoms with E-state index in [0.717, 1.165) is 15.2 Å². The van der Waals surface area contributed by atoms with E-state index in [1.54, 1.807) is 22.3 Å². The first-order chi connectivity index (χ1) is 10.8. The second-order valence-electron chi connectivity index (χ2n) is 6.47. The van der Waals surface area contributed by atoms with Crippen molar-refractivity contribution in [1.29, 1.82) is 0 Å². The van der Waals surface area contributed by atoms with Crippen molar-refractivity contribution >= 4 is 37.3 Å². The lowest BCUT2D eigenvalue weighted by Crippen LogP contribution is -2.57. The monoisotopic (exact) mass is 352 g/mol. The summed E-state index contributed by atoms with van der Waals surface area (Å²) in [5.41, 5.74) is 1.49. The number of aryl methyl sites for hydroxylation is 1. The Morgan fingerprint density at radius 1 is 1.39 bits per heavy atom. The van der Waals surface area contributed by atoms with E-state index in [9.17, 15) is 13.2 Å². The van der Waals surface area contributed by atoms with Crippen LogP contribution < -0.4 is 0 Å². The average molecular weight is 352 g/mol. The molecule has 0 atom stereocenters. The quantitative estimate of drug-likeness (QED) is 0.848. The van der Waals surface area contributed by atoms with Crippen LogP contribution in [0.1, 0.15) is 29.2 Å². The predicted octanol–water partition coefficient (Wildman–Crippen LogP) is 2.50. The minimum Gasteiger partial charge on any atom is -0.336 e. The van der Waals surface area contributed by atoms with Gasteiger partial charge in [0.15, 0.2) is 9.84 Å². The lowest BCUT2D eigenvalue weighted by atomic mass is 10.1. The second-order valence-corrected chi connectivity index (χ2v) is 10.0. The molecule has 1 fully saturated rings. The van der Waals surface area contributed by atoms with Gasteiger partial charge in [-0.3, -0.25) is 4.79 Å². The Kier molecular flexibility index (Phi) is 4.18. The van der Waals surface area contributed by atoms with E-state index in [2.05, 4.69) is 4.98 Å². The maximum absolute atomic E-state index is 12.5. The van der Waals surface area contributed by atoms with Gasteiger partial charge in [-0.2, -0.15) is 0 Å². The number of sulfone groups is 1. The Morgan fingerprint density at radius 2 is 2.09 bits per heavy atom. The molecule has 1 aliphatic heterocycles. The molecule has 1 amide bonds. The fourth-order valence-electron chi connectivity index (χ4n) is 2.79. The van der Waals surface area contributed by atoms with Crippen LogP contribution in [-0.2, 0) is 9.84 Å². The van der Waals surface area contributed by atoms with Crippen molar-refractivity contribution in [2.24, 2.45) is 5.92 Å². The van der Waals surface area contributed by atoms with Gasteiger partial charge in [-0.25, -0.2) is 13.4 Å². The number of benzene rings is 1. The van der Waals surface area contributed by atoms with Gasteiger partial charge in [0.1, 0.15) is 0 Å². The summed E-state index contributed by atoms with van der Waals surface area (Å²) in [7, 11) is -3.10. The summed E-state index contributed by atoms with van der Waals surface area (Å²) < 4.78 is 25.3. The number of hydrogen-bond acceptors (Lipinski definition) is 5. The van der Waals surface area contributed by atoms with E-state index in [1.807, 2.05) is 32.9 Å². The van der Waals surface area contributed by atoms with Gasteiger partial charge in [0.05, 0.1) is 26.2 Å². The Balaban J connectivity index is 1.70. The number of rotatable bonds is 4. The molecule has 1 aromatic carbocycles. The van der Waals surface area contributed by atoms with Crippen LogP contribution in [-0.4, -0.2) is 48.3 Å². The van der Waals surface area contributed by atoms with E-state index in [1.165, 1.54) is 0 Å². The first-order valence-electron chi connectivity index (χ1n) is 7.64. The number of aromatic nitrogens is 1. The molecule has 2 heterocycles. The number of likely N-dealkylation sites (tertiary alicyclic amines) is 1. The van der Waals surface area contributed by atoms with Gasteiger partial charge in [0.2, 0.25) is 0 Å². The Labute approximate surface area is 140 Å². The molecule has 0 bridgehead atoms. The molecule has 0 unspecified atom stereocenters. The third kappa shape index (κ3) is 3.26. The standard InChI is InChI=1S/C16H20N2O3S2/c1-10(2)9-23(20,21)13-7-18(8-13)16(19)12-4-5-14-15(6-12)22-11(3)17-14/h4-6,10,13H,7-9H2,1-3H3. The first kappa shape index (κ1) is 16.4. The summed E-state index contributed by atoms with van der Waals surface area (Å²) in [4.78, 5) is 18.5. The van der Waals surface area contributed by atoms with Crippen molar-refractivity contribution in [3.8, 4) is 0 Å². The molecule has 23 heavy (non-hydrogen) atoms. The fourth-order valence-corrected chi connectivity index (χ4v) is 5.67. The number of hydrogen-bond donors (Lipinski definition) is 0. The van der Waals surface area contributed by atoms with Gasteiger partial charge in [0, 0.05) is 18.7 Å². The van der Waals surface area contributed by atoms with Crippen LogP contribution in [0.25, 0.3) is 10.2 Å². The molecule has 124 valence electrons. The zero-order valence-corrected chi connectivity index (χ0v) is 15.1. The molecule has 5 nitrogen and oxygen atoms in total. The number of nitrogens with zero attached hydrogens (tertiary/aromatic N) is 2. The topological polar surface area (TPSA) is 67.3 Å². The van der Waals surface area contributed by atoms with Gasteiger partial charge in [-0.15, -0.1) is 11.3 Å². The summed E-state index contributed by atoms with van der Waals surface area (Å²) in [6, 6.07) is 5.46. The van der Waals surface area contributed by atoms with Crippen LogP contribution in [0.3, 0.4) is 0 Å². The molecule has 0 saturated carbocycles. The minimum atomic E-state index is -3.10. The molecule has 1 aliphatic rings. The molecule has 1 aromatic heterocycles. The van der Waals surface area contributed by atoms with Crippen molar-refractivity contribution in [3.05, 3.63) is 28.8 Å². The Morgan fingerprint density at radius 3 is 2.74 bits per heavy atom. The lowest BCUT2D eigenvalue weighted by molar-refractivity contribution is 0.0659. The highest BCUT2D eigenvalue weighted by atomic mass is 32.2. The number of fused-ring (bicyclic) bond motifs is 1. The average Bonchev–Trinajstić information content (AvgIpc) is 2.73. The fraction of sp³-hybridized carbons (Fsp3) is 0.500. The van der Waals surface area contributed by atoms with Gasteiger partial charge < -0.3 is 4.90 Å². The summed E-state index contributed by atoms with van der Waals surface area (Å²) >= 11 is 1.55. The van der Waals surface area contributed by atoms with Crippen LogP contribution >= 0.6 is 11.3 Å². The highest BCUT2D eigenvalue weighted by molar-refractivity contribution is 7.92. The van der Waals surface area contributed by atoms with Gasteiger partial charge >= 0.3 is 0 Å². The lowest BCUT2D eigenvalue weighted by Gasteiger charge is -2.39. The maximum Gasteiger partial charge on any atom is 0.253 e. The molecule has 1 saturated heterocycles. The van der Waals surface area contributed by atoms with Crippen molar-refractivity contribution in [3.63, 3.8) is 0 Å². The highest BCUT2D eigenvalue weighted by Gasteiger charge is 2.39. The summed E-state index contributed by atoms with van der Waals surface area (Å²) in [6.07, 6.45) is 0. The Bertz CT molecular complexity index is 849. The van der Waals surface area contributed by atoms with E-state index in [-0.39, 0.29) is 17.6 Å². The van der Waals surface area contributed by atoms with Crippen LogP contribution in [0, 0.1) is 12.8 Å². The first-order valence-corrected chi connectivity index (χ1v) is 10.2. The van der Waals surface area contributed by atoms with Gasteiger partial charge in [0.25, 0.3) is 5.91 Å². The van der Waals surface area contributed by atoms with E-state index in [4.69, 9.17) is 0 Å². The second kappa shape index (κ2) is 5.87. The number of carbonyl (C=O) groups is 1. The molecule has 3 rings (SSSR count). The largest absolute Gasteiger partial charge is 0.336 e. The van der Waals surface area contributed by atoms with Crippen LogP contribution in [0.5, 0.6) is 0 Å². The zero-order chi connectivity index (χ0) is 16.8. The highest BCUT2D eigenvalue weighted by Crippen LogP contribution is 2.25. The van der Waals surface area contributed by atoms with E-state index in [0.29, 0.717) is 18.7 Å². The molecule has 2 aromatic rings. The molecule has 0 aliphatic carbocycles. The van der Waals surface area contributed by atoms with Crippen molar-refractivity contribution in [2.45, 2.75) is 26.0 Å². The molecular weight excluding hydrogens is 332 g/mol. The van der Waals surface area contributed by atoms with E-state index < -0.39 is 15.1 Å². The smallest absolute Gasteiger partial charge is 0.253 e. The van der Waals surface area contributed by atoms with E-state index >= 15 is 0 Å². The molecule has 0 radical (unpaired) electrons.